The Hall–Kier alpha value is -2.24. The molecule has 1 aliphatic heterocycles. The molecule has 4 rings (SSSR count). The van der Waals surface area contributed by atoms with Gasteiger partial charge >= 0.3 is 0 Å². The van der Waals surface area contributed by atoms with Gasteiger partial charge in [0.25, 0.3) is 0 Å². The smallest absolute Gasteiger partial charge is 0.167 e. The van der Waals surface area contributed by atoms with Gasteiger partial charge in [0.2, 0.25) is 0 Å². The number of aliphatic hydroxyl groups excluding tert-OH is 3. The van der Waals surface area contributed by atoms with Crippen molar-refractivity contribution in [1.82, 2.24) is 19.5 Å². The van der Waals surface area contributed by atoms with Crippen LogP contribution in [0.1, 0.15) is 13.2 Å². The highest BCUT2D eigenvalue weighted by atomic mass is 32.2. The van der Waals surface area contributed by atoms with Gasteiger partial charge in [-0.2, -0.15) is 0 Å². The molecule has 0 amide bonds. The zero-order valence-electron chi connectivity index (χ0n) is 15.1. The first kappa shape index (κ1) is 19.1. The molecule has 0 radical (unpaired) electrons. The van der Waals surface area contributed by atoms with E-state index in [4.69, 9.17) is 4.74 Å². The molecule has 10 heteroatoms. The molecule has 3 heterocycles. The third-order valence-corrected chi connectivity index (χ3v) is 5.56. The van der Waals surface area contributed by atoms with E-state index in [1.54, 1.807) is 16.3 Å². The largest absolute Gasteiger partial charge is 0.394 e. The van der Waals surface area contributed by atoms with Crippen molar-refractivity contribution in [2.75, 3.05) is 11.9 Å². The molecule has 2 aromatic heterocycles. The molecule has 148 valence electrons. The van der Waals surface area contributed by atoms with E-state index in [1.807, 2.05) is 37.3 Å². The zero-order chi connectivity index (χ0) is 19.7. The Balaban J connectivity index is 1.57. The normalized spacial score (nSPS) is 25.9. The number of ether oxygens (including phenoxy) is 1. The summed E-state index contributed by atoms with van der Waals surface area (Å²) < 4.78 is 7.12. The van der Waals surface area contributed by atoms with Crippen LogP contribution in [0.15, 0.2) is 47.9 Å². The lowest BCUT2D eigenvalue weighted by Gasteiger charge is -2.17. The summed E-state index contributed by atoms with van der Waals surface area (Å²) in [5.74, 6) is 0.562. The number of hydrogen-bond acceptors (Lipinski definition) is 9. The van der Waals surface area contributed by atoms with E-state index in [2.05, 4.69) is 20.3 Å². The van der Waals surface area contributed by atoms with Crippen LogP contribution in [0, 0.1) is 0 Å². The molecule has 28 heavy (non-hydrogen) atoms. The average Bonchev–Trinajstić information content (AvgIpc) is 3.25. The third-order valence-electron chi connectivity index (χ3n) is 4.55. The highest BCUT2D eigenvalue weighted by Crippen LogP contribution is 2.32. The number of aromatic nitrogens is 4. The molecule has 1 fully saturated rings. The van der Waals surface area contributed by atoms with Crippen LogP contribution in [0.3, 0.4) is 0 Å². The Labute approximate surface area is 165 Å². The van der Waals surface area contributed by atoms with Gasteiger partial charge in [0.05, 0.1) is 18.3 Å². The van der Waals surface area contributed by atoms with E-state index in [-0.39, 0.29) is 5.37 Å². The van der Waals surface area contributed by atoms with Gasteiger partial charge in [0.1, 0.15) is 24.6 Å². The summed E-state index contributed by atoms with van der Waals surface area (Å²) in [5.41, 5.74) is 0.991. The predicted molar refractivity (Wildman–Crippen MR) is 104 cm³/mol. The van der Waals surface area contributed by atoms with E-state index in [0.717, 1.165) is 4.90 Å². The van der Waals surface area contributed by atoms with E-state index < -0.39 is 31.1 Å². The summed E-state index contributed by atoms with van der Waals surface area (Å²) in [7, 11) is 0. The van der Waals surface area contributed by atoms with Gasteiger partial charge in [0, 0.05) is 4.90 Å². The van der Waals surface area contributed by atoms with Crippen LogP contribution in [-0.4, -0.2) is 65.1 Å². The number of fused-ring (bicyclic) bond motifs is 1. The predicted octanol–water partition coefficient (Wildman–Crippen LogP) is 0.988. The molecule has 0 bridgehead atoms. The summed E-state index contributed by atoms with van der Waals surface area (Å²) in [6, 6.07) is 10.0. The summed E-state index contributed by atoms with van der Waals surface area (Å²) >= 11 is 1.65. The number of hydrogen-bond donors (Lipinski definition) is 4. The van der Waals surface area contributed by atoms with Crippen LogP contribution in [-0.2, 0) is 4.74 Å². The summed E-state index contributed by atoms with van der Waals surface area (Å²) in [6.07, 6.45) is -1.25. The molecule has 1 saturated heterocycles. The molecule has 9 nitrogen and oxygen atoms in total. The average molecular weight is 403 g/mol. The summed E-state index contributed by atoms with van der Waals surface area (Å²) in [6.45, 7) is 1.63. The highest BCUT2D eigenvalue weighted by Gasteiger charge is 2.44. The Morgan fingerprint density at radius 1 is 1.18 bits per heavy atom. The number of rotatable bonds is 6. The van der Waals surface area contributed by atoms with Crippen LogP contribution in [0.5, 0.6) is 0 Å². The maximum absolute atomic E-state index is 10.3. The van der Waals surface area contributed by atoms with Crippen molar-refractivity contribution in [2.24, 2.45) is 0 Å². The first-order valence-electron chi connectivity index (χ1n) is 8.86. The Bertz CT molecular complexity index is 940. The zero-order valence-corrected chi connectivity index (χ0v) is 15.9. The third kappa shape index (κ3) is 3.56. The molecule has 3 aromatic rings. The molecule has 5 unspecified atom stereocenters. The lowest BCUT2D eigenvalue weighted by molar-refractivity contribution is -0.0511. The highest BCUT2D eigenvalue weighted by molar-refractivity contribution is 8.00. The minimum atomic E-state index is -1.20. The SMILES string of the molecule is CC(Nc1ncnc2c1ncn2C1OC(CO)C(O)C1O)Sc1ccccc1. The lowest BCUT2D eigenvalue weighted by atomic mass is 10.1. The van der Waals surface area contributed by atoms with Gasteiger partial charge in [-0.3, -0.25) is 4.57 Å². The molecule has 0 spiro atoms. The maximum atomic E-state index is 10.3. The molecule has 5 atom stereocenters. The van der Waals surface area contributed by atoms with E-state index in [1.165, 1.54) is 12.7 Å². The monoisotopic (exact) mass is 403 g/mol. The number of thioether (sulfide) groups is 1. The number of imidazole rings is 1. The molecule has 4 N–H and O–H groups in total. The fourth-order valence-corrected chi connectivity index (χ4v) is 4.07. The van der Waals surface area contributed by atoms with Crippen molar-refractivity contribution in [3.8, 4) is 0 Å². The second kappa shape index (κ2) is 8.02. The van der Waals surface area contributed by atoms with Crippen LogP contribution in [0.2, 0.25) is 0 Å². The van der Waals surface area contributed by atoms with Crippen molar-refractivity contribution in [1.29, 1.82) is 0 Å². The standard InChI is InChI=1S/C18H21N5O4S/c1-10(28-11-5-3-2-4-6-11)22-16-13-17(20-8-19-16)23(9-21-13)18-15(26)14(25)12(7-24)27-18/h2-6,8-10,12,14-15,18,24-26H,7H2,1H3,(H,19,20,22). The quantitative estimate of drug-likeness (QED) is 0.352. The minimum Gasteiger partial charge on any atom is -0.394 e. The van der Waals surface area contributed by atoms with Crippen LogP contribution in [0.4, 0.5) is 5.82 Å². The molecule has 1 aromatic carbocycles. The van der Waals surface area contributed by atoms with Gasteiger partial charge in [-0.1, -0.05) is 18.2 Å². The van der Waals surface area contributed by atoms with Crippen molar-refractivity contribution in [3.63, 3.8) is 0 Å². The van der Waals surface area contributed by atoms with Crippen LogP contribution in [0.25, 0.3) is 11.2 Å². The fourth-order valence-electron chi connectivity index (χ4n) is 3.18. The van der Waals surface area contributed by atoms with Gasteiger partial charge in [-0.25, -0.2) is 15.0 Å². The fraction of sp³-hybridized carbons (Fsp3) is 0.389. The first-order chi connectivity index (χ1) is 13.6. The number of aliphatic hydroxyl groups is 3. The van der Waals surface area contributed by atoms with Gasteiger partial charge in [0.15, 0.2) is 23.2 Å². The van der Waals surface area contributed by atoms with Crippen molar-refractivity contribution >= 4 is 28.7 Å². The van der Waals surface area contributed by atoms with Crippen molar-refractivity contribution in [2.45, 2.75) is 41.7 Å². The lowest BCUT2D eigenvalue weighted by Crippen LogP contribution is -2.33. The van der Waals surface area contributed by atoms with Crippen LogP contribution < -0.4 is 5.32 Å². The molecule has 0 saturated carbocycles. The topological polar surface area (TPSA) is 126 Å². The van der Waals surface area contributed by atoms with E-state index in [0.29, 0.717) is 17.0 Å². The number of nitrogens with zero attached hydrogens (tertiary/aromatic N) is 4. The second-order valence-corrected chi connectivity index (χ2v) is 7.91. The van der Waals surface area contributed by atoms with E-state index in [9.17, 15) is 15.3 Å². The van der Waals surface area contributed by atoms with Gasteiger partial charge in [-0.05, 0) is 19.1 Å². The van der Waals surface area contributed by atoms with Gasteiger partial charge in [-0.15, -0.1) is 11.8 Å². The number of anilines is 1. The Kier molecular flexibility index (Phi) is 5.47. The maximum Gasteiger partial charge on any atom is 0.167 e. The number of nitrogens with one attached hydrogen (secondary N) is 1. The molecular formula is C18H21N5O4S. The summed E-state index contributed by atoms with van der Waals surface area (Å²) in [5, 5.41) is 32.9. The van der Waals surface area contributed by atoms with Crippen molar-refractivity contribution in [3.05, 3.63) is 43.0 Å². The minimum absolute atomic E-state index is 0.0274. The second-order valence-electron chi connectivity index (χ2n) is 6.49. The van der Waals surface area contributed by atoms with Crippen molar-refractivity contribution < 1.29 is 20.1 Å². The summed E-state index contributed by atoms with van der Waals surface area (Å²) in [4.78, 5) is 14.0. The molecule has 1 aliphatic rings. The first-order valence-corrected chi connectivity index (χ1v) is 9.74. The van der Waals surface area contributed by atoms with Gasteiger partial charge < -0.3 is 25.4 Å². The Morgan fingerprint density at radius 2 is 1.96 bits per heavy atom. The van der Waals surface area contributed by atoms with Crippen LogP contribution >= 0.6 is 11.8 Å². The Morgan fingerprint density at radius 3 is 2.68 bits per heavy atom. The van der Waals surface area contributed by atoms with E-state index >= 15 is 0 Å². The molecule has 0 aliphatic carbocycles. The number of benzene rings is 1. The molecular weight excluding hydrogens is 382 g/mol.